The number of rotatable bonds is 0. The molecule has 2 saturated carbocycles. The van der Waals surface area contributed by atoms with E-state index in [0.29, 0.717) is 17.6 Å². The van der Waals surface area contributed by atoms with Gasteiger partial charge in [-0.15, -0.1) is 0 Å². The first kappa shape index (κ1) is 9.59. The lowest BCUT2D eigenvalue weighted by Crippen LogP contribution is -2.61. The minimum atomic E-state index is -0.368. The Bertz CT molecular complexity index is 358. The largest absolute Gasteiger partial charge is 0.388 e. The van der Waals surface area contributed by atoms with Gasteiger partial charge in [0, 0.05) is 17.8 Å². The normalized spacial score (nSPS) is 53.0. The van der Waals surface area contributed by atoms with Gasteiger partial charge in [-0.2, -0.15) is 0 Å². The monoisotopic (exact) mass is 206 g/mol. The Balaban J connectivity index is 1.99. The van der Waals surface area contributed by atoms with E-state index in [1.807, 2.05) is 6.92 Å². The van der Waals surface area contributed by atoms with Crippen molar-refractivity contribution in [2.45, 2.75) is 39.2 Å². The van der Waals surface area contributed by atoms with Gasteiger partial charge in [-0.3, -0.25) is 4.79 Å². The smallest absolute Gasteiger partial charge is 0.139 e. The molecule has 2 nitrogen and oxygen atoms in total. The van der Waals surface area contributed by atoms with Crippen molar-refractivity contribution in [1.82, 2.24) is 0 Å². The van der Waals surface area contributed by atoms with Crippen molar-refractivity contribution in [3.8, 4) is 0 Å². The van der Waals surface area contributed by atoms with E-state index in [-0.39, 0.29) is 17.4 Å². The van der Waals surface area contributed by atoms with E-state index in [1.165, 1.54) is 0 Å². The molecule has 1 N–H and O–H groups in total. The van der Waals surface area contributed by atoms with Gasteiger partial charge in [-0.25, -0.2) is 0 Å². The average Bonchev–Trinajstić information content (AvgIpc) is 2.43. The summed E-state index contributed by atoms with van der Waals surface area (Å²) in [4.78, 5) is 11.9. The molecule has 0 saturated heterocycles. The third-order valence-corrected chi connectivity index (χ3v) is 5.24. The van der Waals surface area contributed by atoms with Gasteiger partial charge in [-0.05, 0) is 37.2 Å². The number of hydrogen-bond donors (Lipinski definition) is 1. The van der Waals surface area contributed by atoms with E-state index < -0.39 is 0 Å². The molecule has 0 spiro atoms. The minimum absolute atomic E-state index is 0.195. The van der Waals surface area contributed by atoms with Gasteiger partial charge in [0.2, 0.25) is 0 Å². The number of aliphatic hydroxyl groups is 1. The van der Waals surface area contributed by atoms with E-state index in [1.54, 1.807) is 0 Å². The Labute approximate surface area is 90.4 Å². The SMILES string of the molecule is CC1=CC[C@@H]2C(C1O)[C@]1(C)C(=O)CC[C@@H]21. The molecular weight excluding hydrogens is 188 g/mol. The second-order valence-electron chi connectivity index (χ2n) is 5.67. The van der Waals surface area contributed by atoms with Crippen molar-refractivity contribution in [3.63, 3.8) is 0 Å². The van der Waals surface area contributed by atoms with Crippen molar-refractivity contribution in [2.24, 2.45) is 23.2 Å². The van der Waals surface area contributed by atoms with Crippen LogP contribution in [0.25, 0.3) is 0 Å². The first-order valence-corrected chi connectivity index (χ1v) is 5.95. The fourth-order valence-electron chi connectivity index (χ4n) is 4.33. The lowest BCUT2D eigenvalue weighted by molar-refractivity contribution is -0.164. The van der Waals surface area contributed by atoms with Crippen LogP contribution in [0, 0.1) is 23.2 Å². The molecule has 0 aromatic heterocycles. The van der Waals surface area contributed by atoms with Crippen LogP contribution < -0.4 is 0 Å². The van der Waals surface area contributed by atoms with Crippen LogP contribution >= 0.6 is 0 Å². The molecule has 0 bridgehead atoms. The average molecular weight is 206 g/mol. The maximum absolute atomic E-state index is 11.9. The second kappa shape index (κ2) is 2.73. The summed E-state index contributed by atoms with van der Waals surface area (Å²) in [5.74, 6) is 1.72. The summed E-state index contributed by atoms with van der Waals surface area (Å²) < 4.78 is 0. The molecule has 5 atom stereocenters. The van der Waals surface area contributed by atoms with Crippen molar-refractivity contribution < 1.29 is 9.90 Å². The number of hydrogen-bond acceptors (Lipinski definition) is 2. The van der Waals surface area contributed by atoms with Gasteiger partial charge in [0.05, 0.1) is 6.10 Å². The highest BCUT2D eigenvalue weighted by molar-refractivity contribution is 5.89. The topological polar surface area (TPSA) is 37.3 Å². The number of fused-ring (bicyclic) bond motifs is 4. The van der Waals surface area contributed by atoms with Gasteiger partial charge in [0.1, 0.15) is 5.78 Å². The molecule has 2 unspecified atom stereocenters. The summed E-state index contributed by atoms with van der Waals surface area (Å²) in [6, 6.07) is 0. The molecule has 82 valence electrons. The fraction of sp³-hybridized carbons (Fsp3) is 0.769. The van der Waals surface area contributed by atoms with Crippen molar-refractivity contribution in [1.29, 1.82) is 0 Å². The highest BCUT2D eigenvalue weighted by Crippen LogP contribution is 2.66. The molecule has 3 aliphatic carbocycles. The van der Waals surface area contributed by atoms with Crippen LogP contribution in [0.1, 0.15) is 33.1 Å². The van der Waals surface area contributed by atoms with Crippen LogP contribution in [-0.2, 0) is 4.79 Å². The number of ketones is 1. The Morgan fingerprint density at radius 3 is 3.00 bits per heavy atom. The van der Waals surface area contributed by atoms with E-state index >= 15 is 0 Å². The number of aliphatic hydroxyl groups excluding tert-OH is 1. The van der Waals surface area contributed by atoms with Crippen LogP contribution in [0.4, 0.5) is 0 Å². The van der Waals surface area contributed by atoms with Gasteiger partial charge in [-0.1, -0.05) is 13.0 Å². The lowest BCUT2D eigenvalue weighted by atomic mass is 9.44. The summed E-state index contributed by atoms with van der Waals surface area (Å²) in [5.41, 5.74) is 0.871. The molecule has 15 heavy (non-hydrogen) atoms. The summed E-state index contributed by atoms with van der Waals surface area (Å²) in [5, 5.41) is 10.2. The molecule has 3 rings (SSSR count). The Morgan fingerprint density at radius 2 is 2.27 bits per heavy atom. The number of allylic oxidation sites excluding steroid dienone is 1. The molecular formula is C13H18O2. The zero-order valence-corrected chi connectivity index (χ0v) is 9.36. The maximum Gasteiger partial charge on any atom is 0.139 e. The Kier molecular flexibility index (Phi) is 1.75. The van der Waals surface area contributed by atoms with Crippen molar-refractivity contribution in [3.05, 3.63) is 11.6 Å². The Morgan fingerprint density at radius 1 is 1.53 bits per heavy atom. The highest BCUT2D eigenvalue weighted by atomic mass is 16.3. The highest BCUT2D eigenvalue weighted by Gasteiger charge is 2.67. The van der Waals surface area contributed by atoms with E-state index in [2.05, 4.69) is 13.0 Å². The molecule has 0 radical (unpaired) electrons. The van der Waals surface area contributed by atoms with Crippen LogP contribution in [0.15, 0.2) is 11.6 Å². The molecule has 0 aliphatic heterocycles. The molecule has 2 heteroatoms. The first-order valence-electron chi connectivity index (χ1n) is 5.95. The molecule has 2 fully saturated rings. The Hall–Kier alpha value is -0.630. The van der Waals surface area contributed by atoms with Gasteiger partial charge < -0.3 is 5.11 Å². The predicted molar refractivity (Wildman–Crippen MR) is 57.2 cm³/mol. The summed E-state index contributed by atoms with van der Waals surface area (Å²) in [6.07, 6.45) is 4.65. The summed E-state index contributed by atoms with van der Waals surface area (Å²) >= 11 is 0. The van der Waals surface area contributed by atoms with Crippen LogP contribution in [0.5, 0.6) is 0 Å². The molecule has 0 aromatic carbocycles. The van der Waals surface area contributed by atoms with Crippen molar-refractivity contribution in [2.75, 3.05) is 0 Å². The van der Waals surface area contributed by atoms with Crippen LogP contribution in [-0.4, -0.2) is 17.0 Å². The van der Waals surface area contributed by atoms with Gasteiger partial charge >= 0.3 is 0 Å². The zero-order valence-electron chi connectivity index (χ0n) is 9.36. The van der Waals surface area contributed by atoms with Gasteiger partial charge in [0.25, 0.3) is 0 Å². The molecule has 0 aromatic rings. The van der Waals surface area contributed by atoms with E-state index in [4.69, 9.17) is 0 Å². The van der Waals surface area contributed by atoms with Crippen LogP contribution in [0.3, 0.4) is 0 Å². The quantitative estimate of drug-likeness (QED) is 0.615. The maximum atomic E-state index is 11.9. The third kappa shape index (κ3) is 0.919. The standard InChI is InChI=1S/C13H18O2/c1-7-3-4-8-9-5-6-10(14)13(9,2)11(8)12(7)15/h3,8-9,11-12,15H,4-6H2,1-2H3/t8-,9-,11?,12?,13-/m0/s1. The fourth-order valence-corrected chi connectivity index (χ4v) is 4.33. The first-order chi connectivity index (χ1) is 7.06. The van der Waals surface area contributed by atoms with E-state index in [9.17, 15) is 9.90 Å². The van der Waals surface area contributed by atoms with E-state index in [0.717, 1.165) is 24.8 Å². The van der Waals surface area contributed by atoms with Gasteiger partial charge in [0.15, 0.2) is 0 Å². The summed E-state index contributed by atoms with van der Waals surface area (Å²) in [7, 11) is 0. The lowest BCUT2D eigenvalue weighted by Gasteiger charge is -2.59. The van der Waals surface area contributed by atoms with Crippen LogP contribution in [0.2, 0.25) is 0 Å². The predicted octanol–water partition coefficient (Wildman–Crippen LogP) is 1.93. The second-order valence-corrected chi connectivity index (χ2v) is 5.67. The molecule has 3 aliphatic rings. The van der Waals surface area contributed by atoms with Crippen molar-refractivity contribution >= 4 is 5.78 Å². The zero-order chi connectivity index (χ0) is 10.8. The number of carbonyl (C=O) groups is 1. The summed E-state index contributed by atoms with van der Waals surface area (Å²) in [6.45, 7) is 4.06. The molecule has 0 heterocycles. The minimum Gasteiger partial charge on any atom is -0.388 e. The third-order valence-electron chi connectivity index (χ3n) is 5.24. The number of Topliss-reactive ketones (excluding diaryl/α,β-unsaturated/α-hetero) is 1. The number of carbonyl (C=O) groups excluding carboxylic acids is 1. The molecule has 0 amide bonds.